The molecule has 2 N–H and O–H groups in total. The number of hydrogen-bond acceptors (Lipinski definition) is 3. The van der Waals surface area contributed by atoms with Crippen molar-refractivity contribution in [2.45, 2.75) is 18.9 Å². The second-order valence-corrected chi connectivity index (χ2v) is 5.41. The lowest BCUT2D eigenvalue weighted by Crippen LogP contribution is -2.27. The Bertz CT molecular complexity index is 442. The monoisotopic (exact) mass is 284 g/mol. The molecule has 0 bridgehead atoms. The molecular formula is C15H22F2N2O. The van der Waals surface area contributed by atoms with E-state index in [1.54, 1.807) is 13.1 Å². The van der Waals surface area contributed by atoms with Gasteiger partial charge in [0.25, 0.3) is 0 Å². The number of aliphatic hydroxyl groups excluding tert-OH is 1. The minimum atomic E-state index is -0.802. The molecule has 2 rings (SSSR count). The second-order valence-electron chi connectivity index (χ2n) is 5.41. The van der Waals surface area contributed by atoms with Crippen LogP contribution in [0.3, 0.4) is 0 Å². The van der Waals surface area contributed by atoms with Crippen molar-refractivity contribution >= 4 is 0 Å². The zero-order valence-electron chi connectivity index (χ0n) is 11.8. The van der Waals surface area contributed by atoms with Crippen molar-refractivity contribution < 1.29 is 13.9 Å². The fraction of sp³-hybridized carbons (Fsp3) is 0.600. The van der Waals surface area contributed by atoms with E-state index in [4.69, 9.17) is 5.11 Å². The van der Waals surface area contributed by atoms with Gasteiger partial charge in [0.05, 0.1) is 0 Å². The van der Waals surface area contributed by atoms with Gasteiger partial charge in [-0.15, -0.1) is 0 Å². The molecule has 20 heavy (non-hydrogen) atoms. The van der Waals surface area contributed by atoms with Crippen LogP contribution in [-0.4, -0.2) is 43.3 Å². The number of likely N-dealkylation sites (tertiary alicyclic amines) is 1. The molecule has 112 valence electrons. The average molecular weight is 284 g/mol. The third-order valence-electron chi connectivity index (χ3n) is 4.07. The second kappa shape index (κ2) is 7.11. The molecule has 1 aromatic carbocycles. The zero-order valence-corrected chi connectivity index (χ0v) is 11.8. The lowest BCUT2D eigenvalue weighted by molar-refractivity contribution is 0.219. The number of hydrogen-bond donors (Lipinski definition) is 2. The zero-order chi connectivity index (χ0) is 14.5. The van der Waals surface area contributed by atoms with Crippen LogP contribution in [0.1, 0.15) is 24.4 Å². The summed E-state index contributed by atoms with van der Waals surface area (Å²) in [7, 11) is 1.76. The van der Waals surface area contributed by atoms with Crippen LogP contribution in [0, 0.1) is 17.6 Å². The molecule has 1 aliphatic heterocycles. The summed E-state index contributed by atoms with van der Waals surface area (Å²) >= 11 is 0. The lowest BCUT2D eigenvalue weighted by Gasteiger charge is -2.22. The van der Waals surface area contributed by atoms with E-state index in [0.717, 1.165) is 38.5 Å². The molecule has 1 aromatic rings. The van der Waals surface area contributed by atoms with E-state index >= 15 is 0 Å². The third-order valence-corrected chi connectivity index (χ3v) is 4.07. The quantitative estimate of drug-likeness (QED) is 0.838. The molecule has 0 radical (unpaired) electrons. The summed E-state index contributed by atoms with van der Waals surface area (Å²) in [6.45, 7) is 2.90. The molecule has 2 atom stereocenters. The summed E-state index contributed by atoms with van der Waals surface area (Å²) in [5.74, 6) is -1.21. The van der Waals surface area contributed by atoms with E-state index < -0.39 is 11.6 Å². The van der Waals surface area contributed by atoms with Crippen LogP contribution < -0.4 is 5.32 Å². The van der Waals surface area contributed by atoms with Crippen LogP contribution in [0.15, 0.2) is 18.2 Å². The van der Waals surface area contributed by atoms with Gasteiger partial charge in [0.1, 0.15) is 0 Å². The molecule has 0 saturated carbocycles. The molecule has 1 fully saturated rings. The number of halogens is 2. The molecule has 2 unspecified atom stereocenters. The average Bonchev–Trinajstić information content (AvgIpc) is 2.92. The molecule has 3 nitrogen and oxygen atoms in total. The molecular weight excluding hydrogens is 262 g/mol. The van der Waals surface area contributed by atoms with Crippen LogP contribution >= 0.6 is 0 Å². The lowest BCUT2D eigenvalue weighted by atomic mass is 10.0. The first-order valence-corrected chi connectivity index (χ1v) is 7.10. The maximum atomic E-state index is 13.8. The Morgan fingerprint density at radius 1 is 1.45 bits per heavy atom. The van der Waals surface area contributed by atoms with Gasteiger partial charge in [-0.25, -0.2) is 8.78 Å². The highest BCUT2D eigenvalue weighted by Crippen LogP contribution is 2.23. The highest BCUT2D eigenvalue weighted by Gasteiger charge is 2.23. The van der Waals surface area contributed by atoms with Gasteiger partial charge in [-0.05, 0) is 45.0 Å². The molecule has 0 aliphatic carbocycles. The van der Waals surface area contributed by atoms with E-state index in [1.807, 2.05) is 0 Å². The predicted octanol–water partition coefficient (Wildman–Crippen LogP) is 1.93. The Hall–Kier alpha value is -1.04. The molecule has 0 aromatic heterocycles. The Morgan fingerprint density at radius 3 is 2.90 bits per heavy atom. The summed E-state index contributed by atoms with van der Waals surface area (Å²) in [4.78, 5) is 2.27. The van der Waals surface area contributed by atoms with Crippen LogP contribution in [0.25, 0.3) is 0 Å². The van der Waals surface area contributed by atoms with Crippen molar-refractivity contribution in [3.63, 3.8) is 0 Å². The van der Waals surface area contributed by atoms with Crippen LogP contribution in [0.2, 0.25) is 0 Å². The molecule has 1 heterocycles. The van der Waals surface area contributed by atoms with Crippen molar-refractivity contribution in [3.8, 4) is 0 Å². The van der Waals surface area contributed by atoms with Crippen molar-refractivity contribution in [1.29, 1.82) is 0 Å². The van der Waals surface area contributed by atoms with E-state index in [9.17, 15) is 8.78 Å². The number of nitrogens with one attached hydrogen (secondary N) is 1. The van der Waals surface area contributed by atoms with Gasteiger partial charge in [0.2, 0.25) is 0 Å². The fourth-order valence-corrected chi connectivity index (χ4v) is 2.82. The van der Waals surface area contributed by atoms with Gasteiger partial charge in [-0.1, -0.05) is 12.1 Å². The van der Waals surface area contributed by atoms with Crippen LogP contribution in [0.5, 0.6) is 0 Å². The highest BCUT2D eigenvalue weighted by molar-refractivity contribution is 5.22. The molecule has 0 spiro atoms. The minimum Gasteiger partial charge on any atom is -0.396 e. The van der Waals surface area contributed by atoms with E-state index in [-0.39, 0.29) is 12.6 Å². The standard InChI is InChI=1S/C15H22F2N2O/c1-18-14(12-3-2-4-13(16)15(12)17)6-8-19-7-5-11(9-19)10-20/h2-4,11,14,18,20H,5-10H2,1H3. The van der Waals surface area contributed by atoms with Crippen LogP contribution in [0.4, 0.5) is 8.78 Å². The van der Waals surface area contributed by atoms with Crippen molar-refractivity contribution in [3.05, 3.63) is 35.4 Å². The number of rotatable bonds is 6. The van der Waals surface area contributed by atoms with Gasteiger partial charge in [0, 0.05) is 24.8 Å². The summed E-state index contributed by atoms with van der Waals surface area (Å²) in [5, 5.41) is 12.2. The van der Waals surface area contributed by atoms with Gasteiger partial charge in [-0.2, -0.15) is 0 Å². The van der Waals surface area contributed by atoms with E-state index in [0.29, 0.717) is 11.5 Å². The number of benzene rings is 1. The number of nitrogens with zero attached hydrogens (tertiary/aromatic N) is 1. The maximum absolute atomic E-state index is 13.8. The molecule has 0 amide bonds. The van der Waals surface area contributed by atoms with Gasteiger partial charge < -0.3 is 15.3 Å². The first-order valence-electron chi connectivity index (χ1n) is 7.10. The van der Waals surface area contributed by atoms with Crippen molar-refractivity contribution in [2.24, 2.45) is 5.92 Å². The third kappa shape index (κ3) is 3.53. The summed E-state index contributed by atoms with van der Waals surface area (Å²) in [5.41, 5.74) is 0.380. The first-order chi connectivity index (χ1) is 9.65. The Balaban J connectivity index is 1.94. The van der Waals surface area contributed by atoms with E-state index in [2.05, 4.69) is 10.2 Å². The summed E-state index contributed by atoms with van der Waals surface area (Å²) < 4.78 is 27.1. The summed E-state index contributed by atoms with van der Waals surface area (Å²) in [6, 6.07) is 4.10. The van der Waals surface area contributed by atoms with Crippen molar-refractivity contribution in [2.75, 3.05) is 33.3 Å². The van der Waals surface area contributed by atoms with Gasteiger partial charge >= 0.3 is 0 Å². The smallest absolute Gasteiger partial charge is 0.163 e. The molecule has 5 heteroatoms. The highest BCUT2D eigenvalue weighted by atomic mass is 19.2. The van der Waals surface area contributed by atoms with Crippen molar-refractivity contribution in [1.82, 2.24) is 10.2 Å². The Kier molecular flexibility index (Phi) is 5.46. The van der Waals surface area contributed by atoms with Gasteiger partial charge in [-0.3, -0.25) is 0 Å². The molecule has 1 aliphatic rings. The van der Waals surface area contributed by atoms with E-state index in [1.165, 1.54) is 6.07 Å². The first kappa shape index (κ1) is 15.4. The Labute approximate surface area is 118 Å². The summed E-state index contributed by atoms with van der Waals surface area (Å²) in [6.07, 6.45) is 1.73. The largest absolute Gasteiger partial charge is 0.396 e. The fourth-order valence-electron chi connectivity index (χ4n) is 2.82. The SMILES string of the molecule is CNC(CCN1CCC(CO)C1)c1cccc(F)c1F. The predicted molar refractivity (Wildman–Crippen MR) is 74.4 cm³/mol. The van der Waals surface area contributed by atoms with Crippen LogP contribution in [-0.2, 0) is 0 Å². The van der Waals surface area contributed by atoms with Gasteiger partial charge in [0.15, 0.2) is 11.6 Å². The minimum absolute atomic E-state index is 0.195. The number of aliphatic hydroxyl groups is 1. The normalized spacial score (nSPS) is 21.3. The maximum Gasteiger partial charge on any atom is 0.163 e. The topological polar surface area (TPSA) is 35.5 Å². The molecule has 1 saturated heterocycles. The Morgan fingerprint density at radius 2 is 2.25 bits per heavy atom.